The van der Waals surface area contributed by atoms with Gasteiger partial charge >= 0.3 is 0 Å². The van der Waals surface area contributed by atoms with E-state index in [0.29, 0.717) is 0 Å². The van der Waals surface area contributed by atoms with Gasteiger partial charge in [0, 0.05) is 12.6 Å². The van der Waals surface area contributed by atoms with Gasteiger partial charge < -0.3 is 10.4 Å². The van der Waals surface area contributed by atoms with Crippen molar-refractivity contribution < 1.29 is 13.9 Å². The molecule has 2 aromatic rings. The number of hydrogen-bond acceptors (Lipinski definition) is 2. The minimum Gasteiger partial charge on any atom is -0.387 e. The fourth-order valence-electron chi connectivity index (χ4n) is 2.37. The summed E-state index contributed by atoms with van der Waals surface area (Å²) < 4.78 is 27.2. The Morgan fingerprint density at radius 2 is 1.62 bits per heavy atom. The van der Waals surface area contributed by atoms with E-state index in [1.807, 2.05) is 37.3 Å². The summed E-state index contributed by atoms with van der Waals surface area (Å²) in [4.78, 5) is 0. The molecule has 0 fully saturated rings. The highest BCUT2D eigenvalue weighted by atomic mass is 19.1. The van der Waals surface area contributed by atoms with Gasteiger partial charge in [0.15, 0.2) is 0 Å². The molecule has 4 heteroatoms. The summed E-state index contributed by atoms with van der Waals surface area (Å²) in [6, 6.07) is 13.4. The molecule has 0 bridgehead atoms. The van der Waals surface area contributed by atoms with Crippen LogP contribution in [0, 0.1) is 11.6 Å². The average molecular weight is 291 g/mol. The van der Waals surface area contributed by atoms with Crippen LogP contribution in [0.1, 0.15) is 36.6 Å². The number of aliphatic hydroxyl groups is 1. The minimum absolute atomic E-state index is 0.0377. The first kappa shape index (κ1) is 15.6. The predicted molar refractivity (Wildman–Crippen MR) is 78.8 cm³/mol. The quantitative estimate of drug-likeness (QED) is 0.850. The largest absolute Gasteiger partial charge is 0.387 e. The molecular formula is C17H19F2NO. The lowest BCUT2D eigenvalue weighted by atomic mass is 10.0. The van der Waals surface area contributed by atoms with Gasteiger partial charge in [-0.25, -0.2) is 8.78 Å². The molecule has 0 aromatic heterocycles. The van der Waals surface area contributed by atoms with Gasteiger partial charge in [-0.3, -0.25) is 0 Å². The Balaban J connectivity index is 2.05. The second kappa shape index (κ2) is 7.29. The smallest absolute Gasteiger partial charge is 0.131 e. The van der Waals surface area contributed by atoms with Gasteiger partial charge in [-0.1, -0.05) is 43.3 Å². The first-order valence-electron chi connectivity index (χ1n) is 7.03. The van der Waals surface area contributed by atoms with Crippen molar-refractivity contribution in [3.8, 4) is 0 Å². The van der Waals surface area contributed by atoms with Gasteiger partial charge in [-0.15, -0.1) is 0 Å². The molecule has 0 aliphatic heterocycles. The lowest BCUT2D eigenvalue weighted by molar-refractivity contribution is 0.160. The van der Waals surface area contributed by atoms with E-state index in [1.165, 1.54) is 6.07 Å². The molecule has 2 atom stereocenters. The second-order valence-corrected chi connectivity index (χ2v) is 4.93. The van der Waals surface area contributed by atoms with E-state index in [1.54, 1.807) is 0 Å². The van der Waals surface area contributed by atoms with Gasteiger partial charge in [0.2, 0.25) is 0 Å². The average Bonchev–Trinajstić information content (AvgIpc) is 2.49. The standard InChI is InChI=1S/C17H19F2NO/c1-2-15(12-7-4-3-5-8-12)20-11-16(21)17-13(18)9-6-10-14(17)19/h3-10,15-16,20-21H,2,11H2,1H3. The SMILES string of the molecule is CCC(NCC(O)c1c(F)cccc1F)c1ccccc1. The molecule has 21 heavy (non-hydrogen) atoms. The van der Waals surface area contributed by atoms with Crippen LogP contribution in [0.3, 0.4) is 0 Å². The van der Waals surface area contributed by atoms with E-state index in [4.69, 9.17) is 0 Å². The summed E-state index contributed by atoms with van der Waals surface area (Å²) in [5.41, 5.74) is 0.800. The van der Waals surface area contributed by atoms with Crippen LogP contribution in [-0.2, 0) is 0 Å². The highest BCUT2D eigenvalue weighted by molar-refractivity contribution is 5.23. The molecular weight excluding hydrogens is 272 g/mol. The van der Waals surface area contributed by atoms with E-state index >= 15 is 0 Å². The van der Waals surface area contributed by atoms with Crippen molar-refractivity contribution in [2.75, 3.05) is 6.54 Å². The number of halogens is 2. The van der Waals surface area contributed by atoms with Crippen LogP contribution in [0.25, 0.3) is 0 Å². The highest BCUT2D eigenvalue weighted by Crippen LogP contribution is 2.22. The van der Waals surface area contributed by atoms with E-state index in [-0.39, 0.29) is 18.2 Å². The molecule has 0 saturated carbocycles. The van der Waals surface area contributed by atoms with Gasteiger partial charge in [0.1, 0.15) is 11.6 Å². The molecule has 0 aliphatic rings. The maximum absolute atomic E-state index is 13.6. The lowest BCUT2D eigenvalue weighted by Gasteiger charge is -2.20. The van der Waals surface area contributed by atoms with Crippen molar-refractivity contribution >= 4 is 0 Å². The number of benzene rings is 2. The fraction of sp³-hybridized carbons (Fsp3) is 0.294. The fourth-order valence-corrected chi connectivity index (χ4v) is 2.37. The molecule has 2 rings (SSSR count). The third-order valence-corrected chi connectivity index (χ3v) is 3.50. The maximum Gasteiger partial charge on any atom is 0.131 e. The lowest BCUT2D eigenvalue weighted by Crippen LogP contribution is -2.27. The summed E-state index contributed by atoms with van der Waals surface area (Å²) in [5.74, 6) is -1.45. The Hall–Kier alpha value is -1.78. The molecule has 0 heterocycles. The van der Waals surface area contributed by atoms with Gasteiger partial charge in [-0.2, -0.15) is 0 Å². The molecule has 0 amide bonds. The Labute approximate surface area is 123 Å². The van der Waals surface area contributed by atoms with Crippen molar-refractivity contribution in [3.63, 3.8) is 0 Å². The molecule has 2 N–H and O–H groups in total. The van der Waals surface area contributed by atoms with Crippen molar-refractivity contribution in [1.29, 1.82) is 0 Å². The van der Waals surface area contributed by atoms with E-state index in [0.717, 1.165) is 24.1 Å². The monoisotopic (exact) mass is 291 g/mol. The first-order valence-corrected chi connectivity index (χ1v) is 7.03. The molecule has 0 radical (unpaired) electrons. The molecule has 112 valence electrons. The van der Waals surface area contributed by atoms with E-state index in [2.05, 4.69) is 5.32 Å². The summed E-state index contributed by atoms with van der Waals surface area (Å²) >= 11 is 0. The molecule has 0 aliphatic carbocycles. The number of hydrogen-bond donors (Lipinski definition) is 2. The summed E-state index contributed by atoms with van der Waals surface area (Å²) in [6.45, 7) is 2.10. The van der Waals surface area contributed by atoms with Crippen LogP contribution >= 0.6 is 0 Å². The third-order valence-electron chi connectivity index (χ3n) is 3.50. The van der Waals surface area contributed by atoms with E-state index < -0.39 is 17.7 Å². The topological polar surface area (TPSA) is 32.3 Å². The Morgan fingerprint density at radius 3 is 2.19 bits per heavy atom. The number of rotatable bonds is 6. The first-order chi connectivity index (χ1) is 10.1. The van der Waals surface area contributed by atoms with Crippen LogP contribution in [0.15, 0.2) is 48.5 Å². The van der Waals surface area contributed by atoms with Crippen LogP contribution in [0.5, 0.6) is 0 Å². The predicted octanol–water partition coefficient (Wildman–Crippen LogP) is 3.74. The number of aliphatic hydroxyl groups excluding tert-OH is 1. The molecule has 2 nitrogen and oxygen atoms in total. The zero-order chi connectivity index (χ0) is 15.2. The zero-order valence-electron chi connectivity index (χ0n) is 11.9. The van der Waals surface area contributed by atoms with Crippen LogP contribution in [0.2, 0.25) is 0 Å². The Morgan fingerprint density at radius 1 is 1.00 bits per heavy atom. The molecule has 2 unspecified atom stereocenters. The second-order valence-electron chi connectivity index (χ2n) is 4.93. The zero-order valence-corrected chi connectivity index (χ0v) is 11.9. The van der Waals surface area contributed by atoms with Crippen molar-refractivity contribution in [3.05, 3.63) is 71.3 Å². The van der Waals surface area contributed by atoms with Crippen LogP contribution < -0.4 is 5.32 Å². The van der Waals surface area contributed by atoms with Gasteiger partial charge in [-0.05, 0) is 24.1 Å². The maximum atomic E-state index is 13.6. The summed E-state index contributed by atoms with van der Waals surface area (Å²) in [6.07, 6.45) is -0.403. The van der Waals surface area contributed by atoms with Crippen LogP contribution in [-0.4, -0.2) is 11.7 Å². The molecule has 0 spiro atoms. The van der Waals surface area contributed by atoms with Gasteiger partial charge in [0.05, 0.1) is 11.7 Å². The number of nitrogens with one attached hydrogen (secondary N) is 1. The Kier molecular flexibility index (Phi) is 5.42. The van der Waals surface area contributed by atoms with Crippen molar-refractivity contribution in [2.24, 2.45) is 0 Å². The van der Waals surface area contributed by atoms with Gasteiger partial charge in [0.25, 0.3) is 0 Å². The third kappa shape index (κ3) is 3.86. The normalized spacial score (nSPS) is 13.9. The minimum atomic E-state index is -1.22. The van der Waals surface area contributed by atoms with Crippen molar-refractivity contribution in [2.45, 2.75) is 25.5 Å². The molecule has 0 saturated heterocycles. The van der Waals surface area contributed by atoms with Crippen LogP contribution in [0.4, 0.5) is 8.78 Å². The van der Waals surface area contributed by atoms with Crippen molar-refractivity contribution in [1.82, 2.24) is 5.32 Å². The highest BCUT2D eigenvalue weighted by Gasteiger charge is 2.19. The van der Waals surface area contributed by atoms with E-state index in [9.17, 15) is 13.9 Å². The molecule has 2 aromatic carbocycles. The summed E-state index contributed by atoms with van der Waals surface area (Å²) in [5, 5.41) is 13.2. The Bertz CT molecular complexity index is 554. The summed E-state index contributed by atoms with van der Waals surface area (Å²) in [7, 11) is 0.